The highest BCUT2D eigenvalue weighted by atomic mass is 32.2. The van der Waals surface area contributed by atoms with Crippen molar-refractivity contribution in [3.8, 4) is 11.5 Å². The number of likely N-dealkylation sites (N-methyl/N-ethyl adjacent to an activating group) is 1. The number of carbonyl (C=O) groups is 2. The van der Waals surface area contributed by atoms with Crippen molar-refractivity contribution in [1.29, 1.82) is 0 Å². The van der Waals surface area contributed by atoms with E-state index in [1.54, 1.807) is 30.6 Å². The summed E-state index contributed by atoms with van der Waals surface area (Å²) in [5.74, 6) is 7.45. The first kappa shape index (κ1) is 24.4. The Morgan fingerprint density at radius 3 is 2.79 bits per heavy atom. The number of methoxy groups -OCH3 is 1. The van der Waals surface area contributed by atoms with Crippen LogP contribution in [0.3, 0.4) is 0 Å². The highest BCUT2D eigenvalue weighted by Gasteiger charge is 2.18. The molecule has 3 N–H and O–H groups in total. The van der Waals surface area contributed by atoms with Crippen molar-refractivity contribution < 1.29 is 19.1 Å². The largest absolute Gasteiger partial charge is 0.497 e. The SMILES string of the molecule is CCN(CC(=O)NCc1cccs1)C(=O)CSc1nnc(COc2cccc(OC)c2)n1N. The topological polar surface area (TPSA) is 125 Å². The molecule has 0 aliphatic rings. The molecule has 3 aromatic rings. The average molecular weight is 491 g/mol. The lowest BCUT2D eigenvalue weighted by Gasteiger charge is -2.20. The fourth-order valence-corrected chi connectivity index (χ4v) is 4.19. The van der Waals surface area contributed by atoms with Gasteiger partial charge in [0, 0.05) is 17.5 Å². The van der Waals surface area contributed by atoms with Crippen LogP contribution in [0.5, 0.6) is 11.5 Å². The summed E-state index contributed by atoms with van der Waals surface area (Å²) in [6.45, 7) is 2.80. The smallest absolute Gasteiger partial charge is 0.239 e. The van der Waals surface area contributed by atoms with Crippen molar-refractivity contribution >= 4 is 34.9 Å². The molecule has 0 saturated carbocycles. The van der Waals surface area contributed by atoms with Gasteiger partial charge in [-0.25, -0.2) is 4.68 Å². The molecule has 0 saturated heterocycles. The lowest BCUT2D eigenvalue weighted by molar-refractivity contribution is -0.133. The molecule has 10 nitrogen and oxygen atoms in total. The number of amides is 2. The predicted molar refractivity (Wildman–Crippen MR) is 127 cm³/mol. The van der Waals surface area contributed by atoms with Crippen LogP contribution in [-0.2, 0) is 22.7 Å². The van der Waals surface area contributed by atoms with Gasteiger partial charge >= 0.3 is 0 Å². The molecule has 1 aromatic carbocycles. The van der Waals surface area contributed by atoms with Gasteiger partial charge in [-0.3, -0.25) is 9.59 Å². The van der Waals surface area contributed by atoms with E-state index in [9.17, 15) is 9.59 Å². The third-order valence-electron chi connectivity index (χ3n) is 4.58. The molecule has 0 bridgehead atoms. The summed E-state index contributed by atoms with van der Waals surface area (Å²) in [7, 11) is 1.58. The van der Waals surface area contributed by atoms with Crippen molar-refractivity contribution in [2.75, 3.05) is 31.8 Å². The molecule has 2 heterocycles. The maximum atomic E-state index is 12.6. The molecular formula is C21H26N6O4S2. The van der Waals surface area contributed by atoms with E-state index in [1.807, 2.05) is 36.6 Å². The van der Waals surface area contributed by atoms with E-state index in [2.05, 4.69) is 15.5 Å². The van der Waals surface area contributed by atoms with Crippen molar-refractivity contribution in [3.63, 3.8) is 0 Å². The summed E-state index contributed by atoms with van der Waals surface area (Å²) >= 11 is 2.72. The van der Waals surface area contributed by atoms with Crippen molar-refractivity contribution in [3.05, 3.63) is 52.5 Å². The minimum atomic E-state index is -0.206. The van der Waals surface area contributed by atoms with E-state index in [0.717, 1.165) is 16.6 Å². The molecule has 2 aromatic heterocycles. The maximum absolute atomic E-state index is 12.6. The van der Waals surface area contributed by atoms with Crippen molar-refractivity contribution in [2.45, 2.75) is 25.2 Å². The number of aromatic nitrogens is 3. The van der Waals surface area contributed by atoms with E-state index in [4.69, 9.17) is 15.3 Å². The first-order valence-electron chi connectivity index (χ1n) is 10.2. The van der Waals surface area contributed by atoms with E-state index < -0.39 is 0 Å². The van der Waals surface area contributed by atoms with Crippen LogP contribution in [0.15, 0.2) is 46.9 Å². The normalized spacial score (nSPS) is 10.6. The monoisotopic (exact) mass is 490 g/mol. The van der Waals surface area contributed by atoms with Crippen LogP contribution in [-0.4, -0.2) is 57.5 Å². The lowest BCUT2D eigenvalue weighted by Crippen LogP contribution is -2.41. The number of nitrogens with zero attached hydrogens (tertiary/aromatic N) is 4. The molecule has 0 atom stereocenters. The summed E-state index contributed by atoms with van der Waals surface area (Å²) in [5, 5.41) is 13.2. The Bertz CT molecular complexity index is 1060. The minimum Gasteiger partial charge on any atom is -0.497 e. The second-order valence-electron chi connectivity index (χ2n) is 6.79. The second-order valence-corrected chi connectivity index (χ2v) is 8.76. The van der Waals surface area contributed by atoms with Crippen molar-refractivity contribution in [2.24, 2.45) is 0 Å². The summed E-state index contributed by atoms with van der Waals surface area (Å²) in [4.78, 5) is 27.3. The van der Waals surface area contributed by atoms with Crippen LogP contribution in [0.4, 0.5) is 0 Å². The first-order chi connectivity index (χ1) is 16.0. The Kier molecular flexibility index (Phi) is 8.95. The molecular weight excluding hydrogens is 464 g/mol. The highest BCUT2D eigenvalue weighted by molar-refractivity contribution is 7.99. The Balaban J connectivity index is 1.47. The Labute approximate surface area is 200 Å². The van der Waals surface area contributed by atoms with Gasteiger partial charge in [0.2, 0.25) is 17.0 Å². The predicted octanol–water partition coefficient (Wildman–Crippen LogP) is 1.90. The van der Waals surface area contributed by atoms with E-state index >= 15 is 0 Å². The fraction of sp³-hybridized carbons (Fsp3) is 0.333. The molecule has 3 rings (SSSR count). The summed E-state index contributed by atoms with van der Waals surface area (Å²) < 4.78 is 12.2. The third kappa shape index (κ3) is 7.12. The molecule has 0 aliphatic carbocycles. The fourth-order valence-electron chi connectivity index (χ4n) is 2.76. The number of rotatable bonds is 12. The standard InChI is InChI=1S/C21H26N6O4S2/c1-3-26(12-19(28)23-11-17-8-5-9-32-17)20(29)14-33-21-25-24-18(27(21)22)13-31-16-7-4-6-15(10-16)30-2/h4-10H,3,11-14,22H2,1-2H3,(H,23,28). The van der Waals surface area contributed by atoms with E-state index in [-0.39, 0.29) is 30.7 Å². The van der Waals surface area contributed by atoms with Crippen LogP contribution in [0, 0.1) is 0 Å². The average Bonchev–Trinajstić information content (AvgIpc) is 3.48. The number of carbonyl (C=O) groups excluding carboxylic acids is 2. The number of nitrogen functional groups attached to an aromatic ring is 1. The molecule has 0 spiro atoms. The van der Waals surface area contributed by atoms with Gasteiger partial charge in [-0.15, -0.1) is 21.5 Å². The Morgan fingerprint density at radius 2 is 2.06 bits per heavy atom. The van der Waals surface area contributed by atoms with Gasteiger partial charge in [0.15, 0.2) is 5.82 Å². The van der Waals surface area contributed by atoms with Gasteiger partial charge < -0.3 is 25.5 Å². The van der Waals surface area contributed by atoms with Gasteiger partial charge in [0.1, 0.15) is 18.1 Å². The molecule has 2 amide bonds. The Hall–Kier alpha value is -3.25. The third-order valence-corrected chi connectivity index (χ3v) is 6.38. The number of thioether (sulfide) groups is 1. The number of hydrogen-bond acceptors (Lipinski definition) is 9. The van der Waals surface area contributed by atoms with E-state index in [1.165, 1.54) is 9.58 Å². The number of ether oxygens (including phenoxy) is 2. The first-order valence-corrected chi connectivity index (χ1v) is 12.0. The quantitative estimate of drug-likeness (QED) is 0.291. The van der Waals surface area contributed by atoms with Gasteiger partial charge in [0.25, 0.3) is 0 Å². The van der Waals surface area contributed by atoms with Crippen LogP contribution >= 0.6 is 23.1 Å². The molecule has 0 radical (unpaired) electrons. The summed E-state index contributed by atoms with van der Waals surface area (Å²) in [6.07, 6.45) is 0. The van der Waals surface area contributed by atoms with E-state index in [0.29, 0.717) is 35.6 Å². The zero-order chi connectivity index (χ0) is 23.6. The molecule has 12 heteroatoms. The van der Waals surface area contributed by atoms with Crippen LogP contribution < -0.4 is 20.6 Å². The number of benzene rings is 1. The molecule has 0 aliphatic heterocycles. The van der Waals surface area contributed by atoms with Gasteiger partial charge in [-0.05, 0) is 30.5 Å². The number of thiophene rings is 1. The molecule has 176 valence electrons. The van der Waals surface area contributed by atoms with Crippen molar-refractivity contribution in [1.82, 2.24) is 25.1 Å². The minimum absolute atomic E-state index is 0.00376. The lowest BCUT2D eigenvalue weighted by atomic mass is 10.3. The summed E-state index contributed by atoms with van der Waals surface area (Å²) in [6, 6.07) is 11.1. The molecule has 0 unspecified atom stereocenters. The molecule has 33 heavy (non-hydrogen) atoms. The summed E-state index contributed by atoms with van der Waals surface area (Å²) in [5.41, 5.74) is 0. The van der Waals surface area contributed by atoms with Gasteiger partial charge in [-0.2, -0.15) is 0 Å². The number of nitrogens with two attached hydrogens (primary N) is 1. The van der Waals surface area contributed by atoms with Crippen LogP contribution in [0.2, 0.25) is 0 Å². The number of nitrogens with one attached hydrogen (secondary N) is 1. The Morgan fingerprint density at radius 1 is 1.24 bits per heavy atom. The second kappa shape index (κ2) is 12.1. The highest BCUT2D eigenvalue weighted by Crippen LogP contribution is 2.20. The van der Waals surface area contributed by atoms with Gasteiger partial charge in [-0.1, -0.05) is 23.9 Å². The van der Waals surface area contributed by atoms with Crippen LogP contribution in [0.25, 0.3) is 0 Å². The number of hydrogen-bond donors (Lipinski definition) is 2. The zero-order valence-corrected chi connectivity index (χ0v) is 20.0. The zero-order valence-electron chi connectivity index (χ0n) is 18.4. The molecule has 0 fully saturated rings. The maximum Gasteiger partial charge on any atom is 0.239 e. The van der Waals surface area contributed by atoms with Gasteiger partial charge in [0.05, 0.1) is 26.0 Å². The van der Waals surface area contributed by atoms with Crippen LogP contribution in [0.1, 0.15) is 17.6 Å².